The minimum Gasteiger partial charge on any atom is -0.296 e. The van der Waals surface area contributed by atoms with Gasteiger partial charge in [0.25, 0.3) is 11.3 Å². The summed E-state index contributed by atoms with van der Waals surface area (Å²) in [6, 6.07) is 11.9. The Bertz CT molecular complexity index is 1150. The Morgan fingerprint density at radius 2 is 2.00 bits per heavy atom. The minimum absolute atomic E-state index is 0.160. The van der Waals surface area contributed by atoms with E-state index in [9.17, 15) is 4.79 Å². The fourth-order valence-electron chi connectivity index (χ4n) is 3.27. The third-order valence-corrected chi connectivity index (χ3v) is 4.37. The monoisotopic (exact) mass is 363 g/mol. The number of fused-ring (bicyclic) bond motifs is 1. The van der Waals surface area contributed by atoms with Gasteiger partial charge >= 0.3 is 0 Å². The van der Waals surface area contributed by atoms with E-state index in [0.717, 1.165) is 23.6 Å². The second-order valence-electron chi connectivity index (χ2n) is 6.79. The summed E-state index contributed by atoms with van der Waals surface area (Å²) in [4.78, 5) is 22.7. The maximum Gasteiger partial charge on any atom is 0.274 e. The number of nitrogens with one attached hydrogen (secondary N) is 1. The summed E-state index contributed by atoms with van der Waals surface area (Å²) in [6.45, 7) is 5.33. The first-order chi connectivity index (χ1) is 13.0. The molecule has 0 saturated heterocycles. The van der Waals surface area contributed by atoms with Crippen LogP contribution < -0.4 is 5.56 Å². The van der Waals surface area contributed by atoms with Gasteiger partial charge in [0.2, 0.25) is 0 Å². The number of aromatic nitrogens is 6. The first-order valence-corrected chi connectivity index (χ1v) is 8.73. The van der Waals surface area contributed by atoms with Gasteiger partial charge in [0.15, 0.2) is 0 Å². The van der Waals surface area contributed by atoms with Crippen LogP contribution in [0.15, 0.2) is 47.5 Å². The van der Waals surface area contributed by atoms with Crippen molar-refractivity contribution in [3.8, 4) is 5.69 Å². The Hall–Kier alpha value is -3.26. The molecule has 0 radical (unpaired) electrons. The van der Waals surface area contributed by atoms with Crippen LogP contribution in [0, 0.1) is 13.8 Å². The Kier molecular flexibility index (Phi) is 4.33. The zero-order valence-corrected chi connectivity index (χ0v) is 15.5. The molecule has 3 heterocycles. The van der Waals surface area contributed by atoms with Crippen molar-refractivity contribution in [3.63, 3.8) is 0 Å². The number of hydrogen-bond acceptors (Lipinski definition) is 5. The summed E-state index contributed by atoms with van der Waals surface area (Å²) in [5.41, 5.74) is 4.86. The van der Waals surface area contributed by atoms with Gasteiger partial charge in [-0.25, -0.2) is 14.6 Å². The van der Waals surface area contributed by atoms with Crippen molar-refractivity contribution in [2.45, 2.75) is 26.9 Å². The van der Waals surface area contributed by atoms with Gasteiger partial charge in [-0.1, -0.05) is 12.1 Å². The third kappa shape index (κ3) is 3.52. The molecule has 0 bridgehead atoms. The largest absolute Gasteiger partial charge is 0.296 e. The molecule has 8 heteroatoms. The lowest BCUT2D eigenvalue weighted by molar-refractivity contribution is 0.315. The number of benzene rings is 1. The molecule has 0 spiro atoms. The van der Waals surface area contributed by atoms with Crippen LogP contribution in [-0.2, 0) is 13.1 Å². The molecule has 4 rings (SSSR count). The van der Waals surface area contributed by atoms with E-state index in [2.05, 4.69) is 49.3 Å². The van der Waals surface area contributed by atoms with E-state index in [0.29, 0.717) is 18.0 Å². The summed E-state index contributed by atoms with van der Waals surface area (Å²) < 4.78 is 3.27. The second kappa shape index (κ2) is 6.81. The van der Waals surface area contributed by atoms with Crippen molar-refractivity contribution in [3.05, 3.63) is 75.7 Å². The Morgan fingerprint density at radius 1 is 1.15 bits per heavy atom. The first-order valence-electron chi connectivity index (χ1n) is 8.73. The van der Waals surface area contributed by atoms with Crippen LogP contribution in [0.5, 0.6) is 0 Å². The fraction of sp³-hybridized carbons (Fsp3) is 0.263. The summed E-state index contributed by atoms with van der Waals surface area (Å²) in [5, 5.41) is 7.29. The van der Waals surface area contributed by atoms with E-state index in [1.54, 1.807) is 0 Å². The lowest BCUT2D eigenvalue weighted by Crippen LogP contribution is -2.22. The summed E-state index contributed by atoms with van der Waals surface area (Å²) in [7, 11) is 2.00. The van der Waals surface area contributed by atoms with E-state index < -0.39 is 0 Å². The van der Waals surface area contributed by atoms with Crippen molar-refractivity contribution in [1.82, 2.24) is 34.3 Å². The number of aromatic amines is 1. The topological polar surface area (TPSA) is 84.1 Å². The first kappa shape index (κ1) is 17.2. The smallest absolute Gasteiger partial charge is 0.274 e. The molecule has 138 valence electrons. The minimum atomic E-state index is -0.160. The molecule has 4 aromatic rings. The molecular weight excluding hydrogens is 342 g/mol. The quantitative estimate of drug-likeness (QED) is 0.585. The SMILES string of the molecule is Cc1cc(C)n(-c2cccc(CN(C)Cc3cc(=O)n4[nH]cnc4n3)c2)n1. The van der Waals surface area contributed by atoms with Gasteiger partial charge in [-0.3, -0.25) is 14.8 Å². The zero-order chi connectivity index (χ0) is 19.0. The Morgan fingerprint density at radius 3 is 2.78 bits per heavy atom. The average Bonchev–Trinajstić information content (AvgIpc) is 3.21. The van der Waals surface area contributed by atoms with Gasteiger partial charge in [0, 0.05) is 24.8 Å². The van der Waals surface area contributed by atoms with Crippen LogP contribution in [-0.4, -0.2) is 41.3 Å². The second-order valence-corrected chi connectivity index (χ2v) is 6.79. The molecular formula is C19H21N7O. The summed E-state index contributed by atoms with van der Waals surface area (Å²) in [5.74, 6) is 0.387. The maximum absolute atomic E-state index is 12.1. The van der Waals surface area contributed by atoms with Crippen molar-refractivity contribution < 1.29 is 0 Å². The molecule has 0 atom stereocenters. The Labute approximate surface area is 156 Å². The molecule has 0 unspecified atom stereocenters. The highest BCUT2D eigenvalue weighted by molar-refractivity contribution is 5.37. The van der Waals surface area contributed by atoms with Crippen LogP contribution in [0.2, 0.25) is 0 Å². The van der Waals surface area contributed by atoms with Gasteiger partial charge < -0.3 is 0 Å². The molecule has 8 nitrogen and oxygen atoms in total. The highest BCUT2D eigenvalue weighted by Crippen LogP contribution is 2.15. The number of hydrogen-bond donors (Lipinski definition) is 1. The molecule has 0 aliphatic rings. The van der Waals surface area contributed by atoms with Crippen LogP contribution in [0.25, 0.3) is 11.5 Å². The molecule has 3 aromatic heterocycles. The van der Waals surface area contributed by atoms with E-state index in [1.165, 1.54) is 22.5 Å². The maximum atomic E-state index is 12.1. The van der Waals surface area contributed by atoms with Crippen molar-refractivity contribution >= 4 is 5.78 Å². The lowest BCUT2D eigenvalue weighted by Gasteiger charge is -2.17. The van der Waals surface area contributed by atoms with E-state index in [1.807, 2.05) is 31.6 Å². The third-order valence-electron chi connectivity index (χ3n) is 4.37. The highest BCUT2D eigenvalue weighted by Gasteiger charge is 2.09. The Balaban J connectivity index is 1.52. The molecule has 1 N–H and O–H groups in total. The molecule has 0 aliphatic carbocycles. The number of aryl methyl sites for hydroxylation is 2. The number of nitrogens with zero attached hydrogens (tertiary/aromatic N) is 6. The molecule has 27 heavy (non-hydrogen) atoms. The normalized spacial score (nSPS) is 11.6. The van der Waals surface area contributed by atoms with Crippen molar-refractivity contribution in [2.24, 2.45) is 0 Å². The van der Waals surface area contributed by atoms with Gasteiger partial charge in [0.05, 0.1) is 17.1 Å². The molecule has 0 amide bonds. The van der Waals surface area contributed by atoms with E-state index >= 15 is 0 Å². The van der Waals surface area contributed by atoms with Crippen molar-refractivity contribution in [1.29, 1.82) is 0 Å². The zero-order valence-electron chi connectivity index (χ0n) is 15.5. The summed E-state index contributed by atoms with van der Waals surface area (Å²) >= 11 is 0. The molecule has 0 fully saturated rings. The van der Waals surface area contributed by atoms with E-state index in [-0.39, 0.29) is 5.56 Å². The van der Waals surface area contributed by atoms with Gasteiger partial charge in [0.1, 0.15) is 6.33 Å². The van der Waals surface area contributed by atoms with Gasteiger partial charge in [-0.15, -0.1) is 0 Å². The van der Waals surface area contributed by atoms with Crippen LogP contribution in [0.1, 0.15) is 22.6 Å². The van der Waals surface area contributed by atoms with Gasteiger partial charge in [-0.05, 0) is 44.7 Å². The predicted molar refractivity (Wildman–Crippen MR) is 102 cm³/mol. The molecule has 0 aliphatic heterocycles. The number of rotatable bonds is 5. The predicted octanol–water partition coefficient (Wildman–Crippen LogP) is 1.85. The lowest BCUT2D eigenvalue weighted by atomic mass is 10.2. The van der Waals surface area contributed by atoms with Gasteiger partial charge in [-0.2, -0.15) is 9.61 Å². The summed E-state index contributed by atoms with van der Waals surface area (Å²) in [6.07, 6.45) is 1.46. The van der Waals surface area contributed by atoms with Crippen LogP contribution >= 0.6 is 0 Å². The molecule has 1 aromatic carbocycles. The average molecular weight is 363 g/mol. The standard InChI is InChI=1S/C19H21N7O/c1-13-7-14(2)25(23-13)17-6-4-5-15(8-17)10-24(3)11-16-9-18(27)26-19(22-16)20-12-21-26/h4-9,12H,10-11H2,1-3H3,(H,20,21,22). The van der Waals surface area contributed by atoms with Crippen molar-refractivity contribution in [2.75, 3.05) is 7.05 Å². The highest BCUT2D eigenvalue weighted by atomic mass is 16.1. The fourth-order valence-corrected chi connectivity index (χ4v) is 3.27. The van der Waals surface area contributed by atoms with Crippen LogP contribution in [0.3, 0.4) is 0 Å². The van der Waals surface area contributed by atoms with Crippen LogP contribution in [0.4, 0.5) is 0 Å². The number of H-pyrrole nitrogens is 1. The van der Waals surface area contributed by atoms with E-state index in [4.69, 9.17) is 0 Å². The molecule has 0 saturated carbocycles.